The standard InChI is InChI=1S/C12H26N/c1-9(2)11(5)13(8)12(6,7)10(3)4/h9-10H,1-8H3/q+1. The number of hydrogen-bond donors (Lipinski definition) is 0. The Balaban J connectivity index is 4.96. The fourth-order valence-corrected chi connectivity index (χ4v) is 1.23. The minimum absolute atomic E-state index is 0.258. The summed E-state index contributed by atoms with van der Waals surface area (Å²) in [5.74, 6) is 1.31. The Morgan fingerprint density at radius 3 is 1.69 bits per heavy atom. The summed E-state index contributed by atoms with van der Waals surface area (Å²) in [6.07, 6.45) is 0. The van der Waals surface area contributed by atoms with Crippen molar-refractivity contribution in [3.63, 3.8) is 0 Å². The van der Waals surface area contributed by atoms with E-state index in [1.165, 1.54) is 5.71 Å². The average molecular weight is 184 g/mol. The molecule has 0 rings (SSSR count). The monoisotopic (exact) mass is 184 g/mol. The van der Waals surface area contributed by atoms with Gasteiger partial charge in [0, 0.05) is 32.6 Å². The summed E-state index contributed by atoms with van der Waals surface area (Å²) in [6.45, 7) is 15.9. The van der Waals surface area contributed by atoms with E-state index in [1.807, 2.05) is 0 Å². The smallest absolute Gasteiger partial charge is 0.158 e. The number of hydrogen-bond acceptors (Lipinski definition) is 0. The van der Waals surface area contributed by atoms with Crippen molar-refractivity contribution in [1.82, 2.24) is 0 Å². The Hall–Kier alpha value is -0.330. The number of rotatable bonds is 3. The van der Waals surface area contributed by atoms with Gasteiger partial charge in [-0.2, -0.15) is 0 Å². The molecule has 13 heavy (non-hydrogen) atoms. The van der Waals surface area contributed by atoms with E-state index in [4.69, 9.17) is 0 Å². The molecule has 0 aliphatic heterocycles. The van der Waals surface area contributed by atoms with E-state index in [0.717, 1.165) is 0 Å². The second-order valence-corrected chi connectivity index (χ2v) is 5.16. The molecule has 0 radical (unpaired) electrons. The van der Waals surface area contributed by atoms with E-state index < -0.39 is 0 Å². The molecule has 0 aromatic rings. The molecule has 0 aromatic carbocycles. The molecule has 0 heterocycles. The SMILES string of the molecule is CC(C(C)C)=[N+](C)C(C)(C)C(C)C. The molecule has 0 amide bonds. The van der Waals surface area contributed by atoms with Crippen LogP contribution in [0.25, 0.3) is 0 Å². The third-order valence-electron chi connectivity index (χ3n) is 3.64. The molecule has 0 N–H and O–H groups in total. The van der Waals surface area contributed by atoms with Gasteiger partial charge in [-0.25, -0.2) is 4.58 Å². The quantitative estimate of drug-likeness (QED) is 0.468. The molecule has 78 valence electrons. The first-order valence-electron chi connectivity index (χ1n) is 5.28. The summed E-state index contributed by atoms with van der Waals surface area (Å²) < 4.78 is 2.42. The molecule has 0 unspecified atom stereocenters. The summed E-state index contributed by atoms with van der Waals surface area (Å²) >= 11 is 0. The lowest BCUT2D eigenvalue weighted by Crippen LogP contribution is -2.42. The van der Waals surface area contributed by atoms with Gasteiger partial charge in [-0.1, -0.05) is 27.7 Å². The molecule has 0 spiro atoms. The van der Waals surface area contributed by atoms with Crippen LogP contribution in [0.15, 0.2) is 0 Å². The Kier molecular flexibility index (Phi) is 4.15. The molecule has 0 saturated heterocycles. The minimum atomic E-state index is 0.258. The molecule has 1 nitrogen and oxygen atoms in total. The van der Waals surface area contributed by atoms with Crippen molar-refractivity contribution in [2.24, 2.45) is 11.8 Å². The fourth-order valence-electron chi connectivity index (χ4n) is 1.23. The van der Waals surface area contributed by atoms with Gasteiger partial charge in [0.05, 0.1) is 0 Å². The van der Waals surface area contributed by atoms with Gasteiger partial charge >= 0.3 is 0 Å². The van der Waals surface area contributed by atoms with Crippen molar-refractivity contribution in [2.75, 3.05) is 7.05 Å². The van der Waals surface area contributed by atoms with E-state index in [2.05, 4.69) is 60.1 Å². The van der Waals surface area contributed by atoms with E-state index in [1.54, 1.807) is 0 Å². The molecule has 0 aliphatic rings. The zero-order valence-electron chi connectivity index (χ0n) is 10.6. The van der Waals surface area contributed by atoms with Gasteiger partial charge < -0.3 is 0 Å². The molecular weight excluding hydrogens is 158 g/mol. The van der Waals surface area contributed by atoms with Gasteiger partial charge in [0.15, 0.2) is 11.3 Å². The van der Waals surface area contributed by atoms with Crippen LogP contribution in [0.1, 0.15) is 48.5 Å². The first kappa shape index (κ1) is 12.7. The minimum Gasteiger partial charge on any atom is -0.235 e. The van der Waals surface area contributed by atoms with Crippen LogP contribution in [0.2, 0.25) is 0 Å². The van der Waals surface area contributed by atoms with Crippen molar-refractivity contribution in [1.29, 1.82) is 0 Å². The lowest BCUT2D eigenvalue weighted by atomic mass is 9.89. The van der Waals surface area contributed by atoms with E-state index in [9.17, 15) is 0 Å². The molecule has 0 saturated carbocycles. The summed E-state index contributed by atoms with van der Waals surface area (Å²) in [4.78, 5) is 0. The summed E-state index contributed by atoms with van der Waals surface area (Å²) in [7, 11) is 2.20. The molecule has 0 aromatic heterocycles. The zero-order chi connectivity index (χ0) is 10.8. The summed E-state index contributed by atoms with van der Waals surface area (Å²) in [6, 6.07) is 0. The van der Waals surface area contributed by atoms with Gasteiger partial charge in [-0.3, -0.25) is 0 Å². The highest BCUT2D eigenvalue weighted by Crippen LogP contribution is 2.20. The van der Waals surface area contributed by atoms with Gasteiger partial charge in [-0.15, -0.1) is 0 Å². The summed E-state index contributed by atoms with van der Waals surface area (Å²) in [5.41, 5.74) is 1.73. The first-order chi connectivity index (χ1) is 5.71. The molecule has 0 bridgehead atoms. The van der Waals surface area contributed by atoms with Crippen LogP contribution in [-0.4, -0.2) is 22.9 Å². The summed E-state index contributed by atoms with van der Waals surface area (Å²) in [5, 5.41) is 0. The molecular formula is C12H26N+. The van der Waals surface area contributed by atoms with Gasteiger partial charge in [0.25, 0.3) is 0 Å². The Labute approximate surface area is 83.9 Å². The highest BCUT2D eigenvalue weighted by molar-refractivity contribution is 5.78. The Bertz CT molecular complexity index is 197. The van der Waals surface area contributed by atoms with Crippen molar-refractivity contribution in [3.05, 3.63) is 0 Å². The van der Waals surface area contributed by atoms with Crippen LogP contribution in [-0.2, 0) is 0 Å². The first-order valence-corrected chi connectivity index (χ1v) is 5.28. The van der Waals surface area contributed by atoms with Crippen LogP contribution in [0.5, 0.6) is 0 Å². The second-order valence-electron chi connectivity index (χ2n) is 5.16. The van der Waals surface area contributed by atoms with Crippen LogP contribution >= 0.6 is 0 Å². The lowest BCUT2D eigenvalue weighted by molar-refractivity contribution is -0.586. The molecule has 0 atom stereocenters. The maximum absolute atomic E-state index is 2.42. The predicted molar refractivity (Wildman–Crippen MR) is 60.6 cm³/mol. The molecule has 0 fully saturated rings. The van der Waals surface area contributed by atoms with Gasteiger partial charge in [-0.05, 0) is 0 Å². The van der Waals surface area contributed by atoms with Crippen LogP contribution < -0.4 is 0 Å². The maximum atomic E-state index is 2.42. The largest absolute Gasteiger partial charge is 0.235 e. The van der Waals surface area contributed by atoms with Crippen LogP contribution in [0, 0.1) is 11.8 Å². The lowest BCUT2D eigenvalue weighted by Gasteiger charge is -2.27. The van der Waals surface area contributed by atoms with Crippen LogP contribution in [0.3, 0.4) is 0 Å². The average Bonchev–Trinajstić information content (AvgIpc) is 2.01. The highest BCUT2D eigenvalue weighted by Gasteiger charge is 2.33. The van der Waals surface area contributed by atoms with Gasteiger partial charge in [0.1, 0.15) is 7.05 Å². The Morgan fingerprint density at radius 2 is 1.46 bits per heavy atom. The van der Waals surface area contributed by atoms with Crippen molar-refractivity contribution >= 4 is 5.71 Å². The van der Waals surface area contributed by atoms with E-state index in [0.29, 0.717) is 11.8 Å². The van der Waals surface area contributed by atoms with Crippen LogP contribution in [0.4, 0.5) is 0 Å². The van der Waals surface area contributed by atoms with Gasteiger partial charge in [0.2, 0.25) is 0 Å². The highest BCUT2D eigenvalue weighted by atomic mass is 15.1. The Morgan fingerprint density at radius 1 is 1.08 bits per heavy atom. The maximum Gasteiger partial charge on any atom is 0.158 e. The third-order valence-corrected chi connectivity index (χ3v) is 3.64. The van der Waals surface area contributed by atoms with Crippen molar-refractivity contribution in [3.8, 4) is 0 Å². The van der Waals surface area contributed by atoms with Crippen molar-refractivity contribution < 1.29 is 4.58 Å². The number of nitrogens with zero attached hydrogens (tertiary/aromatic N) is 1. The molecule has 1 heteroatoms. The fraction of sp³-hybridized carbons (Fsp3) is 0.917. The zero-order valence-corrected chi connectivity index (χ0v) is 10.6. The topological polar surface area (TPSA) is 3.01 Å². The van der Waals surface area contributed by atoms with E-state index >= 15 is 0 Å². The molecule has 0 aliphatic carbocycles. The predicted octanol–water partition coefficient (Wildman–Crippen LogP) is 3.18. The second kappa shape index (κ2) is 4.26. The van der Waals surface area contributed by atoms with Crippen molar-refractivity contribution in [2.45, 2.75) is 54.0 Å². The van der Waals surface area contributed by atoms with E-state index in [-0.39, 0.29) is 5.54 Å². The normalized spacial score (nSPS) is 15.2. The third kappa shape index (κ3) is 2.82.